The third kappa shape index (κ3) is 3.52. The number of anilines is 2. The fraction of sp³-hybridized carbons (Fsp3) is 0.294. The minimum atomic E-state index is -0.275. The van der Waals surface area contributed by atoms with Gasteiger partial charge in [-0.2, -0.15) is 0 Å². The summed E-state index contributed by atoms with van der Waals surface area (Å²) in [6, 6.07) is 14.8. The molecular weight excluding hydrogens is 267 g/mol. The number of nitrogen functional groups attached to an aromatic ring is 1. The van der Waals surface area contributed by atoms with Crippen molar-refractivity contribution in [2.24, 2.45) is 0 Å². The largest absolute Gasteiger partial charge is 0.397 e. The maximum Gasteiger partial charge on any atom is 0.125 e. The SMILES string of the molecule is Nc1ccc(F)cc1NC1CC(OCc2ccccc2)C1. The monoisotopic (exact) mass is 286 g/mol. The molecule has 1 aliphatic carbocycles. The molecule has 0 saturated heterocycles. The number of hydrogen-bond donors (Lipinski definition) is 2. The van der Waals surface area contributed by atoms with Crippen molar-refractivity contribution in [3.8, 4) is 0 Å². The highest BCUT2D eigenvalue weighted by Gasteiger charge is 2.30. The molecular formula is C17H19FN2O. The lowest BCUT2D eigenvalue weighted by molar-refractivity contribution is -0.0150. The van der Waals surface area contributed by atoms with Crippen molar-refractivity contribution < 1.29 is 9.13 Å². The van der Waals surface area contributed by atoms with Gasteiger partial charge >= 0.3 is 0 Å². The molecule has 1 aliphatic rings. The van der Waals surface area contributed by atoms with Gasteiger partial charge in [-0.1, -0.05) is 30.3 Å². The Bertz CT molecular complexity index is 597. The van der Waals surface area contributed by atoms with Crippen LogP contribution in [0.1, 0.15) is 18.4 Å². The molecule has 0 heterocycles. The van der Waals surface area contributed by atoms with Crippen LogP contribution in [0.5, 0.6) is 0 Å². The standard InChI is InChI=1S/C17H19FN2O/c18-13-6-7-16(19)17(8-13)20-14-9-15(10-14)21-11-12-4-2-1-3-5-12/h1-8,14-15,20H,9-11,19H2. The summed E-state index contributed by atoms with van der Waals surface area (Å²) in [5.41, 5.74) is 8.25. The van der Waals surface area contributed by atoms with Crippen molar-refractivity contribution in [2.75, 3.05) is 11.1 Å². The first-order valence-corrected chi connectivity index (χ1v) is 7.18. The molecule has 0 aromatic heterocycles. The van der Waals surface area contributed by atoms with Crippen molar-refractivity contribution in [1.29, 1.82) is 0 Å². The van der Waals surface area contributed by atoms with E-state index in [2.05, 4.69) is 17.4 Å². The van der Waals surface area contributed by atoms with Gasteiger partial charge in [0.15, 0.2) is 0 Å². The van der Waals surface area contributed by atoms with Crippen LogP contribution in [0.2, 0.25) is 0 Å². The smallest absolute Gasteiger partial charge is 0.125 e. The average Bonchev–Trinajstić information content (AvgIpc) is 2.46. The Morgan fingerprint density at radius 2 is 1.90 bits per heavy atom. The molecule has 3 N–H and O–H groups in total. The topological polar surface area (TPSA) is 47.3 Å². The van der Waals surface area contributed by atoms with Crippen molar-refractivity contribution in [3.63, 3.8) is 0 Å². The van der Waals surface area contributed by atoms with Crippen molar-refractivity contribution in [3.05, 3.63) is 59.9 Å². The molecule has 0 amide bonds. The van der Waals surface area contributed by atoms with Gasteiger partial charge in [-0.25, -0.2) is 4.39 Å². The summed E-state index contributed by atoms with van der Waals surface area (Å²) in [4.78, 5) is 0. The number of hydrogen-bond acceptors (Lipinski definition) is 3. The number of nitrogens with two attached hydrogens (primary N) is 1. The molecule has 2 aromatic carbocycles. The van der Waals surface area contributed by atoms with Crippen LogP contribution in [-0.2, 0) is 11.3 Å². The molecule has 3 rings (SSSR count). The molecule has 0 spiro atoms. The highest BCUT2D eigenvalue weighted by atomic mass is 19.1. The zero-order valence-electron chi connectivity index (χ0n) is 11.8. The van der Waals surface area contributed by atoms with E-state index < -0.39 is 0 Å². The Morgan fingerprint density at radius 3 is 2.67 bits per heavy atom. The molecule has 110 valence electrons. The predicted molar refractivity (Wildman–Crippen MR) is 82.5 cm³/mol. The number of rotatable bonds is 5. The van der Waals surface area contributed by atoms with Gasteiger partial charge in [0.1, 0.15) is 5.82 Å². The summed E-state index contributed by atoms with van der Waals surface area (Å²) >= 11 is 0. The Labute approximate surface area is 123 Å². The van der Waals surface area contributed by atoms with Gasteiger partial charge in [-0.05, 0) is 36.6 Å². The molecule has 2 aromatic rings. The fourth-order valence-corrected chi connectivity index (χ4v) is 2.48. The van der Waals surface area contributed by atoms with Crippen LogP contribution in [0.3, 0.4) is 0 Å². The second-order valence-corrected chi connectivity index (χ2v) is 5.46. The van der Waals surface area contributed by atoms with Crippen LogP contribution in [0.4, 0.5) is 15.8 Å². The van der Waals surface area contributed by atoms with E-state index in [-0.39, 0.29) is 11.9 Å². The summed E-state index contributed by atoms with van der Waals surface area (Å²) in [6.07, 6.45) is 2.10. The molecule has 4 heteroatoms. The highest BCUT2D eigenvalue weighted by molar-refractivity contribution is 5.66. The number of benzene rings is 2. The van der Waals surface area contributed by atoms with E-state index in [9.17, 15) is 4.39 Å². The van der Waals surface area contributed by atoms with E-state index in [1.807, 2.05) is 18.2 Å². The van der Waals surface area contributed by atoms with Crippen LogP contribution in [0.15, 0.2) is 48.5 Å². The minimum Gasteiger partial charge on any atom is -0.397 e. The summed E-state index contributed by atoms with van der Waals surface area (Å²) in [6.45, 7) is 0.639. The van der Waals surface area contributed by atoms with Crippen LogP contribution in [-0.4, -0.2) is 12.1 Å². The number of halogens is 1. The van der Waals surface area contributed by atoms with Gasteiger partial charge in [0.25, 0.3) is 0 Å². The Hall–Kier alpha value is -2.07. The normalized spacial score (nSPS) is 20.8. The molecule has 0 atom stereocenters. The first kappa shape index (κ1) is 13.9. The average molecular weight is 286 g/mol. The van der Waals surface area contributed by atoms with Crippen molar-refractivity contribution in [1.82, 2.24) is 0 Å². The minimum absolute atomic E-state index is 0.262. The molecule has 0 unspecified atom stereocenters. The second-order valence-electron chi connectivity index (χ2n) is 5.46. The van der Waals surface area contributed by atoms with Gasteiger partial charge in [-0.3, -0.25) is 0 Å². The lowest BCUT2D eigenvalue weighted by atomic mass is 9.89. The quantitative estimate of drug-likeness (QED) is 0.826. The van der Waals surface area contributed by atoms with E-state index in [0.29, 0.717) is 24.0 Å². The molecule has 3 nitrogen and oxygen atoms in total. The molecule has 1 fully saturated rings. The molecule has 0 bridgehead atoms. The number of ether oxygens (including phenoxy) is 1. The van der Waals surface area contributed by atoms with Crippen molar-refractivity contribution in [2.45, 2.75) is 31.6 Å². The van der Waals surface area contributed by atoms with Gasteiger partial charge in [0.05, 0.1) is 24.1 Å². The molecule has 0 aliphatic heterocycles. The first-order chi connectivity index (χ1) is 10.2. The number of nitrogens with one attached hydrogen (secondary N) is 1. The van der Waals surface area contributed by atoms with E-state index >= 15 is 0 Å². The van der Waals surface area contributed by atoms with Crippen LogP contribution in [0.25, 0.3) is 0 Å². The van der Waals surface area contributed by atoms with Crippen LogP contribution >= 0.6 is 0 Å². The summed E-state index contributed by atoms with van der Waals surface area (Å²) in [7, 11) is 0. The molecule has 1 saturated carbocycles. The summed E-state index contributed by atoms with van der Waals surface area (Å²) in [5.74, 6) is -0.275. The fourth-order valence-electron chi connectivity index (χ4n) is 2.48. The van der Waals surface area contributed by atoms with E-state index in [1.54, 1.807) is 6.07 Å². The van der Waals surface area contributed by atoms with E-state index in [0.717, 1.165) is 12.8 Å². The Kier molecular flexibility index (Phi) is 4.06. The maximum absolute atomic E-state index is 13.2. The molecule has 0 radical (unpaired) electrons. The van der Waals surface area contributed by atoms with Gasteiger partial charge in [0, 0.05) is 6.04 Å². The van der Waals surface area contributed by atoms with E-state index in [1.165, 1.54) is 17.7 Å². The van der Waals surface area contributed by atoms with Crippen LogP contribution < -0.4 is 11.1 Å². The summed E-state index contributed by atoms with van der Waals surface area (Å²) < 4.78 is 19.0. The Morgan fingerprint density at radius 1 is 1.14 bits per heavy atom. The van der Waals surface area contributed by atoms with E-state index in [4.69, 9.17) is 10.5 Å². The zero-order chi connectivity index (χ0) is 14.7. The van der Waals surface area contributed by atoms with Gasteiger partial charge < -0.3 is 15.8 Å². The van der Waals surface area contributed by atoms with Crippen molar-refractivity contribution >= 4 is 11.4 Å². The van der Waals surface area contributed by atoms with Gasteiger partial charge in [-0.15, -0.1) is 0 Å². The zero-order valence-corrected chi connectivity index (χ0v) is 11.8. The maximum atomic E-state index is 13.2. The Balaban J connectivity index is 1.45. The predicted octanol–water partition coefficient (Wildman–Crippen LogP) is 3.57. The first-order valence-electron chi connectivity index (χ1n) is 7.18. The molecule has 21 heavy (non-hydrogen) atoms. The third-order valence-corrected chi connectivity index (χ3v) is 3.80. The summed E-state index contributed by atoms with van der Waals surface area (Å²) in [5, 5.41) is 3.27. The lowest BCUT2D eigenvalue weighted by Gasteiger charge is -2.36. The third-order valence-electron chi connectivity index (χ3n) is 3.80. The highest BCUT2D eigenvalue weighted by Crippen LogP contribution is 2.30. The van der Waals surface area contributed by atoms with Crippen LogP contribution in [0, 0.1) is 5.82 Å². The second kappa shape index (κ2) is 6.14. The lowest BCUT2D eigenvalue weighted by Crippen LogP contribution is -2.40. The van der Waals surface area contributed by atoms with Gasteiger partial charge in [0.2, 0.25) is 0 Å².